The SMILES string of the molecule is Cc1ccc(C2=NOC(C(=O)N3CCOC3=O)C2c2ccccc2)cc1. The molecule has 2 atom stereocenters. The van der Waals surface area contributed by atoms with Gasteiger partial charge in [-0.25, -0.2) is 9.69 Å². The summed E-state index contributed by atoms with van der Waals surface area (Å²) in [7, 11) is 0. The second-order valence-electron chi connectivity index (χ2n) is 6.36. The van der Waals surface area contributed by atoms with E-state index in [1.54, 1.807) is 0 Å². The van der Waals surface area contributed by atoms with Crippen LogP contribution in [0.2, 0.25) is 0 Å². The Balaban J connectivity index is 1.70. The third kappa shape index (κ3) is 2.83. The molecule has 0 bridgehead atoms. The highest BCUT2D eigenvalue weighted by molar-refractivity contribution is 6.10. The first kappa shape index (κ1) is 16.3. The first-order valence-electron chi connectivity index (χ1n) is 8.49. The van der Waals surface area contributed by atoms with E-state index in [1.165, 1.54) is 0 Å². The van der Waals surface area contributed by atoms with Gasteiger partial charge in [-0.2, -0.15) is 0 Å². The highest BCUT2D eigenvalue weighted by Crippen LogP contribution is 2.34. The minimum absolute atomic E-state index is 0.207. The van der Waals surface area contributed by atoms with Crippen molar-refractivity contribution in [1.29, 1.82) is 0 Å². The predicted molar refractivity (Wildman–Crippen MR) is 94.8 cm³/mol. The maximum Gasteiger partial charge on any atom is 0.416 e. The molecule has 2 amide bonds. The molecule has 0 spiro atoms. The monoisotopic (exact) mass is 350 g/mol. The normalized spacial score (nSPS) is 22.0. The summed E-state index contributed by atoms with van der Waals surface area (Å²) in [6.45, 7) is 2.45. The van der Waals surface area contributed by atoms with Crippen molar-refractivity contribution in [1.82, 2.24) is 4.90 Å². The fourth-order valence-electron chi connectivity index (χ4n) is 3.26. The molecule has 2 unspecified atom stereocenters. The van der Waals surface area contributed by atoms with Gasteiger partial charge in [0, 0.05) is 5.56 Å². The summed E-state index contributed by atoms with van der Waals surface area (Å²) in [4.78, 5) is 31.3. The number of hydrogen-bond acceptors (Lipinski definition) is 5. The van der Waals surface area contributed by atoms with Gasteiger partial charge >= 0.3 is 6.09 Å². The van der Waals surface area contributed by atoms with Crippen LogP contribution < -0.4 is 0 Å². The summed E-state index contributed by atoms with van der Waals surface area (Å²) in [5, 5.41) is 4.21. The van der Waals surface area contributed by atoms with Crippen LogP contribution in [0.4, 0.5) is 4.79 Å². The van der Waals surface area contributed by atoms with Crippen LogP contribution in [0.5, 0.6) is 0 Å². The lowest BCUT2D eigenvalue weighted by Crippen LogP contribution is -2.43. The van der Waals surface area contributed by atoms with E-state index in [4.69, 9.17) is 9.57 Å². The summed E-state index contributed by atoms with van der Waals surface area (Å²) in [6.07, 6.45) is -1.52. The topological polar surface area (TPSA) is 68.2 Å². The van der Waals surface area contributed by atoms with Crippen molar-refractivity contribution in [3.63, 3.8) is 0 Å². The quantitative estimate of drug-likeness (QED) is 0.854. The first-order valence-corrected chi connectivity index (χ1v) is 8.49. The number of rotatable bonds is 3. The third-order valence-corrected chi connectivity index (χ3v) is 4.64. The Morgan fingerprint density at radius 3 is 2.50 bits per heavy atom. The first-order chi connectivity index (χ1) is 12.6. The van der Waals surface area contributed by atoms with Gasteiger partial charge in [0.15, 0.2) is 0 Å². The number of benzene rings is 2. The minimum Gasteiger partial charge on any atom is -0.447 e. The predicted octanol–water partition coefficient (Wildman–Crippen LogP) is 2.86. The lowest BCUT2D eigenvalue weighted by molar-refractivity contribution is -0.139. The zero-order valence-corrected chi connectivity index (χ0v) is 14.3. The van der Waals surface area contributed by atoms with Gasteiger partial charge in [-0.15, -0.1) is 0 Å². The Kier molecular flexibility index (Phi) is 4.16. The van der Waals surface area contributed by atoms with Crippen molar-refractivity contribution in [3.05, 3.63) is 71.3 Å². The molecule has 1 fully saturated rings. The van der Waals surface area contributed by atoms with E-state index in [9.17, 15) is 9.59 Å². The van der Waals surface area contributed by atoms with E-state index in [0.717, 1.165) is 21.6 Å². The molecule has 26 heavy (non-hydrogen) atoms. The van der Waals surface area contributed by atoms with Gasteiger partial charge in [-0.05, 0) is 12.5 Å². The van der Waals surface area contributed by atoms with E-state index >= 15 is 0 Å². The molecule has 0 N–H and O–H groups in total. The maximum absolute atomic E-state index is 12.9. The maximum atomic E-state index is 12.9. The standard InChI is InChI=1S/C20H18N2O4/c1-13-7-9-15(10-8-13)17-16(14-5-3-2-4-6-14)18(26-21-17)19(23)22-11-12-25-20(22)24/h2-10,16,18H,11-12H2,1H3. The number of imide groups is 1. The third-order valence-electron chi connectivity index (χ3n) is 4.64. The van der Waals surface area contributed by atoms with Crippen LogP contribution in [0.25, 0.3) is 0 Å². The highest BCUT2D eigenvalue weighted by Gasteiger charge is 2.45. The van der Waals surface area contributed by atoms with Crippen molar-refractivity contribution >= 4 is 17.7 Å². The number of hydrogen-bond donors (Lipinski definition) is 0. The average molecular weight is 350 g/mol. The molecule has 6 heteroatoms. The molecule has 4 rings (SSSR count). The second-order valence-corrected chi connectivity index (χ2v) is 6.36. The molecule has 132 valence electrons. The smallest absolute Gasteiger partial charge is 0.416 e. The van der Waals surface area contributed by atoms with Crippen molar-refractivity contribution in [2.45, 2.75) is 18.9 Å². The highest BCUT2D eigenvalue weighted by atomic mass is 16.6. The van der Waals surface area contributed by atoms with E-state index in [0.29, 0.717) is 5.71 Å². The van der Waals surface area contributed by atoms with Crippen LogP contribution in [0.1, 0.15) is 22.6 Å². The van der Waals surface area contributed by atoms with Crippen LogP contribution in [-0.4, -0.2) is 41.9 Å². The minimum atomic E-state index is -0.889. The van der Waals surface area contributed by atoms with E-state index in [1.807, 2.05) is 61.5 Å². The molecule has 2 aromatic carbocycles. The number of carbonyl (C=O) groups excluding carboxylic acids is 2. The molecular formula is C20H18N2O4. The van der Waals surface area contributed by atoms with Gasteiger partial charge in [-0.1, -0.05) is 65.3 Å². The summed E-state index contributed by atoms with van der Waals surface area (Å²) in [5.41, 5.74) is 3.62. The fourth-order valence-corrected chi connectivity index (χ4v) is 3.26. The van der Waals surface area contributed by atoms with Crippen molar-refractivity contribution in [3.8, 4) is 0 Å². The van der Waals surface area contributed by atoms with E-state index in [-0.39, 0.29) is 19.1 Å². The van der Waals surface area contributed by atoms with E-state index in [2.05, 4.69) is 5.16 Å². The van der Waals surface area contributed by atoms with Crippen LogP contribution in [0.3, 0.4) is 0 Å². The lowest BCUT2D eigenvalue weighted by Gasteiger charge is -2.21. The van der Waals surface area contributed by atoms with Gasteiger partial charge < -0.3 is 9.57 Å². The fraction of sp³-hybridized carbons (Fsp3) is 0.250. The van der Waals surface area contributed by atoms with Gasteiger partial charge in [0.05, 0.1) is 18.2 Å². The van der Waals surface area contributed by atoms with Crippen LogP contribution in [0.15, 0.2) is 59.8 Å². The van der Waals surface area contributed by atoms with Crippen molar-refractivity contribution in [2.75, 3.05) is 13.2 Å². The molecule has 0 saturated carbocycles. The number of aryl methyl sites for hydroxylation is 1. The number of carbonyl (C=O) groups is 2. The van der Waals surface area contributed by atoms with E-state index < -0.39 is 18.1 Å². The molecule has 2 aliphatic heterocycles. The van der Waals surface area contributed by atoms with Crippen molar-refractivity contribution in [2.24, 2.45) is 5.16 Å². The largest absolute Gasteiger partial charge is 0.447 e. The number of oxime groups is 1. The van der Waals surface area contributed by atoms with Gasteiger partial charge in [0.25, 0.3) is 5.91 Å². The molecule has 0 radical (unpaired) electrons. The van der Waals surface area contributed by atoms with Gasteiger partial charge in [0.2, 0.25) is 6.10 Å². The average Bonchev–Trinajstić information content (AvgIpc) is 3.29. The number of nitrogens with zero attached hydrogens (tertiary/aromatic N) is 2. The molecule has 1 saturated heterocycles. The zero-order valence-electron chi connectivity index (χ0n) is 14.3. The number of cyclic esters (lactones) is 1. The molecule has 0 aliphatic carbocycles. The molecule has 2 aromatic rings. The molecule has 2 heterocycles. The Hall–Kier alpha value is -3.15. The Labute approximate surface area is 151 Å². The van der Waals surface area contributed by atoms with Gasteiger partial charge in [-0.3, -0.25) is 4.79 Å². The Morgan fingerprint density at radius 1 is 1.12 bits per heavy atom. The van der Waals surface area contributed by atoms with Crippen LogP contribution >= 0.6 is 0 Å². The summed E-state index contributed by atoms with van der Waals surface area (Å²) in [6, 6.07) is 17.5. The number of ether oxygens (including phenoxy) is 1. The lowest BCUT2D eigenvalue weighted by atomic mass is 9.85. The summed E-state index contributed by atoms with van der Waals surface area (Å²) in [5.74, 6) is -0.813. The Bertz CT molecular complexity index is 861. The second kappa shape index (κ2) is 6.63. The molecule has 6 nitrogen and oxygen atoms in total. The van der Waals surface area contributed by atoms with Gasteiger partial charge in [0.1, 0.15) is 6.61 Å². The van der Waals surface area contributed by atoms with Crippen molar-refractivity contribution < 1.29 is 19.2 Å². The number of amides is 2. The van der Waals surface area contributed by atoms with Crippen LogP contribution in [-0.2, 0) is 14.4 Å². The molecule has 2 aliphatic rings. The molecule has 0 aromatic heterocycles. The van der Waals surface area contributed by atoms with Crippen LogP contribution in [0, 0.1) is 6.92 Å². The Morgan fingerprint density at radius 2 is 1.85 bits per heavy atom. The molecular weight excluding hydrogens is 332 g/mol. The summed E-state index contributed by atoms with van der Waals surface area (Å²) < 4.78 is 4.88. The summed E-state index contributed by atoms with van der Waals surface area (Å²) >= 11 is 0. The zero-order chi connectivity index (χ0) is 18.1.